The normalized spacial score (nSPS) is 12.7. The fraction of sp³-hybridized carbons (Fsp3) is 1.00. The van der Waals surface area contributed by atoms with E-state index in [0.29, 0.717) is 0 Å². The van der Waals surface area contributed by atoms with Gasteiger partial charge in [0.25, 0.3) is 0 Å². The van der Waals surface area contributed by atoms with Crippen LogP contribution in [0.15, 0.2) is 0 Å². The predicted octanol–water partition coefficient (Wildman–Crippen LogP) is 3.65. The summed E-state index contributed by atoms with van der Waals surface area (Å²) in [5.41, 5.74) is 0. The van der Waals surface area contributed by atoms with Gasteiger partial charge in [-0.05, 0) is 45.3 Å². The molecular formula is C12H29N. The van der Waals surface area contributed by atoms with Crippen LogP contribution in [0.5, 0.6) is 0 Å². The average Bonchev–Trinajstić information content (AvgIpc) is 2.03. The summed E-state index contributed by atoms with van der Waals surface area (Å²) in [7, 11) is 4.28. The third-order valence-electron chi connectivity index (χ3n) is 1.94. The second kappa shape index (κ2) is 10.0. The Morgan fingerprint density at radius 1 is 1.00 bits per heavy atom. The highest BCUT2D eigenvalue weighted by atomic mass is 15.0. The molecule has 82 valence electrons. The van der Waals surface area contributed by atoms with Crippen molar-refractivity contribution in [3.63, 3.8) is 0 Å². The van der Waals surface area contributed by atoms with E-state index in [1.165, 1.54) is 19.4 Å². The first-order valence-electron chi connectivity index (χ1n) is 5.67. The van der Waals surface area contributed by atoms with Crippen LogP contribution in [0, 0.1) is 11.8 Å². The molecule has 1 nitrogen and oxygen atoms in total. The molecule has 1 unspecified atom stereocenters. The van der Waals surface area contributed by atoms with E-state index in [4.69, 9.17) is 0 Å². The molecule has 0 amide bonds. The Labute approximate surface area is 85.5 Å². The first-order chi connectivity index (χ1) is 6.02. The smallest absolute Gasteiger partial charge is 0.00223 e. The van der Waals surface area contributed by atoms with Crippen molar-refractivity contribution in [3.05, 3.63) is 0 Å². The Bertz CT molecular complexity index is 87.1. The van der Waals surface area contributed by atoms with E-state index in [1.807, 2.05) is 13.8 Å². The Morgan fingerprint density at radius 2 is 1.46 bits per heavy atom. The lowest BCUT2D eigenvalue weighted by molar-refractivity contribution is 0.332. The van der Waals surface area contributed by atoms with Crippen molar-refractivity contribution in [1.82, 2.24) is 4.90 Å². The molecule has 1 heteroatoms. The van der Waals surface area contributed by atoms with Crippen molar-refractivity contribution < 1.29 is 0 Å². The Morgan fingerprint density at radius 3 is 1.77 bits per heavy atom. The highest BCUT2D eigenvalue weighted by molar-refractivity contribution is 4.57. The molecule has 13 heavy (non-hydrogen) atoms. The van der Waals surface area contributed by atoms with Crippen molar-refractivity contribution in [3.8, 4) is 0 Å². The lowest BCUT2D eigenvalue weighted by Crippen LogP contribution is -2.16. The lowest BCUT2D eigenvalue weighted by atomic mass is 9.96. The summed E-state index contributed by atoms with van der Waals surface area (Å²) in [6.07, 6.45) is 2.71. The zero-order valence-corrected chi connectivity index (χ0v) is 10.7. The lowest BCUT2D eigenvalue weighted by Gasteiger charge is -2.16. The van der Waals surface area contributed by atoms with Crippen molar-refractivity contribution in [2.24, 2.45) is 11.8 Å². The van der Waals surface area contributed by atoms with Gasteiger partial charge in [-0.15, -0.1) is 0 Å². The minimum Gasteiger partial charge on any atom is -0.309 e. The third-order valence-corrected chi connectivity index (χ3v) is 1.94. The van der Waals surface area contributed by atoms with Gasteiger partial charge in [-0.25, -0.2) is 0 Å². The summed E-state index contributed by atoms with van der Waals surface area (Å²) in [4.78, 5) is 2.26. The largest absolute Gasteiger partial charge is 0.309 e. The molecule has 0 aromatic rings. The number of hydrogen-bond donors (Lipinski definition) is 0. The Hall–Kier alpha value is -0.0400. The van der Waals surface area contributed by atoms with Gasteiger partial charge < -0.3 is 4.90 Å². The second-order valence-electron chi connectivity index (χ2n) is 4.33. The maximum atomic E-state index is 2.35. The van der Waals surface area contributed by atoms with Crippen molar-refractivity contribution in [2.45, 2.75) is 47.5 Å². The molecule has 0 spiro atoms. The van der Waals surface area contributed by atoms with Crippen LogP contribution < -0.4 is 0 Å². The number of hydrogen-bond acceptors (Lipinski definition) is 1. The van der Waals surface area contributed by atoms with E-state index in [9.17, 15) is 0 Å². The molecule has 0 rings (SSSR count). The van der Waals surface area contributed by atoms with Crippen molar-refractivity contribution >= 4 is 0 Å². The summed E-state index contributed by atoms with van der Waals surface area (Å²) in [6.45, 7) is 12.2. The van der Waals surface area contributed by atoms with Crippen LogP contribution in [0.25, 0.3) is 0 Å². The molecule has 0 heterocycles. The molecule has 0 aromatic carbocycles. The van der Waals surface area contributed by atoms with Crippen molar-refractivity contribution in [1.29, 1.82) is 0 Å². The van der Waals surface area contributed by atoms with Gasteiger partial charge in [-0.1, -0.05) is 34.6 Å². The molecule has 0 N–H and O–H groups in total. The van der Waals surface area contributed by atoms with E-state index < -0.39 is 0 Å². The topological polar surface area (TPSA) is 3.24 Å². The molecule has 0 saturated carbocycles. The van der Waals surface area contributed by atoms with Crippen LogP contribution in [-0.2, 0) is 0 Å². The third kappa shape index (κ3) is 14.8. The maximum Gasteiger partial charge on any atom is -0.00223 e. The van der Waals surface area contributed by atoms with E-state index in [2.05, 4.69) is 39.8 Å². The Balaban J connectivity index is 0. The van der Waals surface area contributed by atoms with Crippen molar-refractivity contribution in [2.75, 3.05) is 20.6 Å². The zero-order valence-electron chi connectivity index (χ0n) is 10.7. The van der Waals surface area contributed by atoms with Crippen LogP contribution >= 0.6 is 0 Å². The number of nitrogens with zero attached hydrogens (tertiary/aromatic N) is 1. The van der Waals surface area contributed by atoms with Gasteiger partial charge in [0.2, 0.25) is 0 Å². The fourth-order valence-corrected chi connectivity index (χ4v) is 1.40. The van der Waals surface area contributed by atoms with Gasteiger partial charge in [0, 0.05) is 0 Å². The van der Waals surface area contributed by atoms with E-state index in [0.717, 1.165) is 11.8 Å². The molecule has 0 aliphatic heterocycles. The van der Waals surface area contributed by atoms with E-state index >= 15 is 0 Å². The molecule has 0 fully saturated rings. The molecular weight excluding hydrogens is 158 g/mol. The van der Waals surface area contributed by atoms with Gasteiger partial charge in [-0.2, -0.15) is 0 Å². The van der Waals surface area contributed by atoms with Gasteiger partial charge in [0.05, 0.1) is 0 Å². The summed E-state index contributed by atoms with van der Waals surface area (Å²) < 4.78 is 0. The molecule has 0 radical (unpaired) electrons. The predicted molar refractivity (Wildman–Crippen MR) is 63.1 cm³/mol. The molecule has 0 aliphatic carbocycles. The number of rotatable bonds is 5. The molecule has 0 aliphatic rings. The standard InChI is InChI=1S/C10H23N.C2H6/c1-9(2)8-10(3)6-7-11(4)5;1-2/h9-10H,6-8H2,1-5H3;1-2H3. The van der Waals surface area contributed by atoms with E-state index in [-0.39, 0.29) is 0 Å². The summed E-state index contributed by atoms with van der Waals surface area (Å²) in [6, 6.07) is 0. The minimum atomic E-state index is 0.854. The minimum absolute atomic E-state index is 0.854. The van der Waals surface area contributed by atoms with E-state index in [1.54, 1.807) is 0 Å². The van der Waals surface area contributed by atoms with Crippen LogP contribution in [0.1, 0.15) is 47.5 Å². The van der Waals surface area contributed by atoms with Crippen LogP contribution in [0.3, 0.4) is 0 Å². The Kier molecular flexibility index (Phi) is 11.9. The SMILES string of the molecule is CC.CC(C)CC(C)CCN(C)C. The summed E-state index contributed by atoms with van der Waals surface area (Å²) in [5, 5.41) is 0. The summed E-state index contributed by atoms with van der Waals surface area (Å²) in [5.74, 6) is 1.74. The highest BCUT2D eigenvalue weighted by Crippen LogP contribution is 2.14. The first-order valence-corrected chi connectivity index (χ1v) is 5.67. The van der Waals surface area contributed by atoms with Crippen LogP contribution in [0.4, 0.5) is 0 Å². The van der Waals surface area contributed by atoms with Gasteiger partial charge in [0.1, 0.15) is 0 Å². The second-order valence-corrected chi connectivity index (χ2v) is 4.33. The maximum absolute atomic E-state index is 2.35. The molecule has 0 aromatic heterocycles. The highest BCUT2D eigenvalue weighted by Gasteiger charge is 2.04. The first kappa shape index (κ1) is 15.4. The van der Waals surface area contributed by atoms with Crippen LogP contribution in [-0.4, -0.2) is 25.5 Å². The van der Waals surface area contributed by atoms with Gasteiger partial charge in [0.15, 0.2) is 0 Å². The van der Waals surface area contributed by atoms with Gasteiger partial charge >= 0.3 is 0 Å². The fourth-order valence-electron chi connectivity index (χ4n) is 1.40. The quantitative estimate of drug-likeness (QED) is 0.635. The molecule has 0 saturated heterocycles. The molecule has 1 atom stereocenters. The monoisotopic (exact) mass is 187 g/mol. The summed E-state index contributed by atoms with van der Waals surface area (Å²) >= 11 is 0. The average molecular weight is 187 g/mol. The zero-order chi connectivity index (χ0) is 10.9. The molecule has 0 bridgehead atoms. The van der Waals surface area contributed by atoms with Crippen LogP contribution in [0.2, 0.25) is 0 Å². The van der Waals surface area contributed by atoms with Gasteiger partial charge in [-0.3, -0.25) is 0 Å².